The molecule has 0 fully saturated rings. The van der Waals surface area contributed by atoms with Crippen LogP contribution in [0.25, 0.3) is 11.3 Å². The Bertz CT molecular complexity index is 702. The highest BCUT2D eigenvalue weighted by atomic mass is 19.4. The lowest BCUT2D eigenvalue weighted by Gasteiger charge is -2.10. The minimum Gasteiger partial charge on any atom is -0.406 e. The molecule has 1 aromatic carbocycles. The summed E-state index contributed by atoms with van der Waals surface area (Å²) in [6, 6.07) is 10.8. The normalized spacial score (nSPS) is 11.2. The number of hydrogen-bond donors (Lipinski definition) is 1. The minimum atomic E-state index is -4.74. The smallest absolute Gasteiger partial charge is 0.406 e. The van der Waals surface area contributed by atoms with Gasteiger partial charge in [-0.1, -0.05) is 25.1 Å². The minimum absolute atomic E-state index is 0.0646. The second kappa shape index (κ2) is 7.81. The molecule has 0 radical (unpaired) electrons. The van der Waals surface area contributed by atoms with E-state index < -0.39 is 6.36 Å². The molecule has 0 aliphatic rings. The Kier molecular flexibility index (Phi) is 5.78. The summed E-state index contributed by atoms with van der Waals surface area (Å²) in [5.74, 6) is -0.367. The Morgan fingerprint density at radius 2 is 1.96 bits per heavy atom. The van der Waals surface area contributed by atoms with Gasteiger partial charge < -0.3 is 10.1 Å². The Hall–Kier alpha value is -2.57. The van der Waals surface area contributed by atoms with Gasteiger partial charge in [0.05, 0.1) is 17.9 Å². The molecule has 0 aliphatic carbocycles. The third-order valence-electron chi connectivity index (χ3n) is 3.11. The van der Waals surface area contributed by atoms with Crippen LogP contribution in [0.4, 0.5) is 13.2 Å². The molecule has 0 aliphatic heterocycles. The maximum atomic E-state index is 12.3. The molecule has 1 aromatic heterocycles. The van der Waals surface area contributed by atoms with Gasteiger partial charge in [0.2, 0.25) is 5.91 Å². The van der Waals surface area contributed by atoms with Gasteiger partial charge in [-0.3, -0.25) is 9.78 Å². The molecule has 4 nitrogen and oxygen atoms in total. The number of benzene rings is 1. The highest BCUT2D eigenvalue weighted by molar-refractivity contribution is 5.75. The van der Waals surface area contributed by atoms with Gasteiger partial charge in [0, 0.05) is 12.0 Å². The highest BCUT2D eigenvalue weighted by Crippen LogP contribution is 2.27. The SMILES string of the molecule is CCCC(=O)NCc1cccc(-c2cccc(OC(F)(F)F)c2)n1. The van der Waals surface area contributed by atoms with Crippen LogP contribution in [0.5, 0.6) is 5.75 Å². The van der Waals surface area contributed by atoms with E-state index in [0.717, 1.165) is 6.42 Å². The molecular formula is C17H17F3N2O2. The van der Waals surface area contributed by atoms with Crippen molar-refractivity contribution in [2.75, 3.05) is 0 Å². The lowest BCUT2D eigenvalue weighted by Crippen LogP contribution is -2.22. The van der Waals surface area contributed by atoms with Gasteiger partial charge in [-0.15, -0.1) is 13.2 Å². The number of ether oxygens (including phenoxy) is 1. The lowest BCUT2D eigenvalue weighted by molar-refractivity contribution is -0.274. The first-order valence-corrected chi connectivity index (χ1v) is 7.46. The quantitative estimate of drug-likeness (QED) is 0.864. The summed E-state index contributed by atoms with van der Waals surface area (Å²) in [5.41, 5.74) is 1.63. The second-order valence-corrected chi connectivity index (χ2v) is 5.12. The van der Waals surface area contributed by atoms with E-state index >= 15 is 0 Å². The fourth-order valence-electron chi connectivity index (χ4n) is 2.10. The van der Waals surface area contributed by atoms with E-state index in [2.05, 4.69) is 15.0 Å². The maximum absolute atomic E-state index is 12.3. The van der Waals surface area contributed by atoms with Crippen LogP contribution in [0.15, 0.2) is 42.5 Å². The van der Waals surface area contributed by atoms with E-state index in [0.29, 0.717) is 23.4 Å². The molecule has 0 atom stereocenters. The zero-order valence-electron chi connectivity index (χ0n) is 13.1. The summed E-state index contributed by atoms with van der Waals surface area (Å²) >= 11 is 0. The first-order valence-electron chi connectivity index (χ1n) is 7.46. The Morgan fingerprint density at radius 1 is 1.21 bits per heavy atom. The zero-order chi connectivity index (χ0) is 17.6. The monoisotopic (exact) mass is 338 g/mol. The predicted molar refractivity (Wildman–Crippen MR) is 83.1 cm³/mol. The molecule has 0 unspecified atom stereocenters. The standard InChI is InChI=1S/C17H17F3N2O2/c1-2-5-16(23)21-11-13-7-4-9-15(22-13)12-6-3-8-14(10-12)24-17(18,19)20/h3-4,6-10H,2,5,11H2,1H3,(H,21,23). The molecule has 0 saturated heterocycles. The average Bonchev–Trinajstić information content (AvgIpc) is 2.52. The van der Waals surface area contributed by atoms with Gasteiger partial charge in [0.25, 0.3) is 0 Å². The topological polar surface area (TPSA) is 51.2 Å². The molecule has 2 rings (SSSR count). The fourth-order valence-corrected chi connectivity index (χ4v) is 2.10. The van der Waals surface area contributed by atoms with Crippen molar-refractivity contribution in [3.8, 4) is 17.0 Å². The summed E-state index contributed by atoms with van der Waals surface area (Å²) in [6.45, 7) is 2.18. The fraction of sp³-hybridized carbons (Fsp3) is 0.294. The molecule has 0 saturated carbocycles. The third kappa shape index (κ3) is 5.57. The van der Waals surface area contributed by atoms with E-state index in [1.54, 1.807) is 24.3 Å². The van der Waals surface area contributed by atoms with Crippen LogP contribution in [0.2, 0.25) is 0 Å². The van der Waals surface area contributed by atoms with Crippen LogP contribution in [0.1, 0.15) is 25.5 Å². The highest BCUT2D eigenvalue weighted by Gasteiger charge is 2.31. The summed E-state index contributed by atoms with van der Waals surface area (Å²) in [7, 11) is 0. The number of nitrogens with zero attached hydrogens (tertiary/aromatic N) is 1. The van der Waals surface area contributed by atoms with Crippen molar-refractivity contribution < 1.29 is 22.7 Å². The number of aromatic nitrogens is 1. The van der Waals surface area contributed by atoms with Crippen LogP contribution in [-0.2, 0) is 11.3 Å². The summed E-state index contributed by atoms with van der Waals surface area (Å²) in [5, 5.41) is 2.75. The maximum Gasteiger partial charge on any atom is 0.573 e. The molecule has 2 aromatic rings. The van der Waals surface area contributed by atoms with Crippen LogP contribution in [-0.4, -0.2) is 17.3 Å². The van der Waals surface area contributed by atoms with Crippen molar-refractivity contribution >= 4 is 5.91 Å². The van der Waals surface area contributed by atoms with E-state index in [-0.39, 0.29) is 18.2 Å². The number of nitrogens with one attached hydrogen (secondary N) is 1. The molecule has 0 spiro atoms. The Labute approximate surface area is 137 Å². The Morgan fingerprint density at radius 3 is 2.67 bits per heavy atom. The van der Waals surface area contributed by atoms with Gasteiger partial charge in [-0.2, -0.15) is 0 Å². The molecular weight excluding hydrogens is 321 g/mol. The number of pyridine rings is 1. The largest absolute Gasteiger partial charge is 0.573 e. The average molecular weight is 338 g/mol. The van der Waals surface area contributed by atoms with E-state index in [1.165, 1.54) is 18.2 Å². The van der Waals surface area contributed by atoms with Crippen molar-refractivity contribution in [2.24, 2.45) is 0 Å². The van der Waals surface area contributed by atoms with Gasteiger partial charge in [-0.05, 0) is 30.7 Å². The molecule has 1 N–H and O–H groups in total. The number of alkyl halides is 3. The number of carbonyl (C=O) groups is 1. The van der Waals surface area contributed by atoms with Gasteiger partial charge in [0.1, 0.15) is 5.75 Å². The van der Waals surface area contributed by atoms with Crippen molar-refractivity contribution in [3.05, 3.63) is 48.2 Å². The summed E-state index contributed by atoms with van der Waals surface area (Å²) < 4.78 is 40.8. The second-order valence-electron chi connectivity index (χ2n) is 5.12. The van der Waals surface area contributed by atoms with Crippen LogP contribution in [0.3, 0.4) is 0 Å². The lowest BCUT2D eigenvalue weighted by atomic mass is 10.1. The number of rotatable bonds is 6. The molecule has 1 amide bonds. The van der Waals surface area contributed by atoms with Crippen LogP contribution in [0, 0.1) is 0 Å². The van der Waals surface area contributed by atoms with Crippen LogP contribution >= 0.6 is 0 Å². The first-order chi connectivity index (χ1) is 11.4. The van der Waals surface area contributed by atoms with Crippen LogP contribution < -0.4 is 10.1 Å². The van der Waals surface area contributed by atoms with E-state index in [4.69, 9.17) is 0 Å². The van der Waals surface area contributed by atoms with E-state index in [9.17, 15) is 18.0 Å². The van der Waals surface area contributed by atoms with Gasteiger partial charge >= 0.3 is 6.36 Å². The van der Waals surface area contributed by atoms with Gasteiger partial charge in [0.15, 0.2) is 0 Å². The number of amides is 1. The Balaban J connectivity index is 2.13. The van der Waals surface area contributed by atoms with Crippen molar-refractivity contribution in [1.29, 1.82) is 0 Å². The number of hydrogen-bond acceptors (Lipinski definition) is 3. The number of carbonyl (C=O) groups excluding carboxylic acids is 1. The molecule has 0 bridgehead atoms. The first kappa shape index (κ1) is 17.8. The molecule has 24 heavy (non-hydrogen) atoms. The van der Waals surface area contributed by atoms with Crippen molar-refractivity contribution in [3.63, 3.8) is 0 Å². The van der Waals surface area contributed by atoms with Crippen molar-refractivity contribution in [2.45, 2.75) is 32.7 Å². The molecule has 1 heterocycles. The summed E-state index contributed by atoms with van der Waals surface area (Å²) in [4.78, 5) is 15.8. The molecule has 7 heteroatoms. The van der Waals surface area contributed by atoms with Gasteiger partial charge in [-0.25, -0.2) is 0 Å². The zero-order valence-corrected chi connectivity index (χ0v) is 13.1. The van der Waals surface area contributed by atoms with Crippen molar-refractivity contribution in [1.82, 2.24) is 10.3 Å². The number of halogens is 3. The third-order valence-corrected chi connectivity index (χ3v) is 3.11. The molecule has 128 valence electrons. The van der Waals surface area contributed by atoms with E-state index in [1.807, 2.05) is 6.92 Å². The predicted octanol–water partition coefficient (Wildman–Crippen LogP) is 4.06. The summed E-state index contributed by atoms with van der Waals surface area (Å²) in [6.07, 6.45) is -3.54.